The fraction of sp³-hybridized carbons (Fsp3) is 0.222. The minimum atomic E-state index is -3.74. The van der Waals surface area contributed by atoms with Crippen LogP contribution in [0.2, 0.25) is 5.02 Å². The summed E-state index contributed by atoms with van der Waals surface area (Å²) >= 11 is 5.79. The molecule has 0 aliphatic rings. The van der Waals surface area contributed by atoms with E-state index in [0.29, 0.717) is 5.69 Å². The fourth-order valence-electron chi connectivity index (χ4n) is 1.18. The Balaban J connectivity index is 2.71. The predicted octanol–water partition coefficient (Wildman–Crippen LogP) is -0.131. The molecular formula is C9H13ClN4O3S. The van der Waals surface area contributed by atoms with Crippen LogP contribution >= 0.6 is 11.6 Å². The maximum atomic E-state index is 11.8. The zero-order valence-electron chi connectivity index (χ0n) is 9.31. The van der Waals surface area contributed by atoms with Crippen LogP contribution in [0, 0.1) is 0 Å². The summed E-state index contributed by atoms with van der Waals surface area (Å²) in [5, 5.41) is 2.28. The Labute approximate surface area is 110 Å². The molecule has 0 aliphatic heterocycles. The quantitative estimate of drug-likeness (QED) is 0.445. The van der Waals surface area contributed by atoms with E-state index in [2.05, 4.69) is 10.0 Å². The lowest BCUT2D eigenvalue weighted by atomic mass is 10.3. The van der Waals surface area contributed by atoms with Crippen molar-refractivity contribution in [1.29, 1.82) is 0 Å². The molecule has 0 heterocycles. The molecule has 0 bridgehead atoms. The van der Waals surface area contributed by atoms with Crippen LogP contribution in [0.3, 0.4) is 0 Å². The molecule has 0 aliphatic carbocycles. The number of carbonyl (C=O) groups excluding carboxylic acids is 1. The molecule has 18 heavy (non-hydrogen) atoms. The lowest BCUT2D eigenvalue weighted by Gasteiger charge is -2.08. The summed E-state index contributed by atoms with van der Waals surface area (Å²) in [5.41, 5.74) is 10.7. The van der Waals surface area contributed by atoms with E-state index in [1.54, 1.807) is 0 Å². The van der Waals surface area contributed by atoms with E-state index in [4.69, 9.17) is 23.1 Å². The Bertz CT molecular complexity index is 547. The largest absolute Gasteiger partial charge is 0.399 e. The maximum Gasteiger partial charge on any atom is 0.312 e. The zero-order valence-corrected chi connectivity index (χ0v) is 10.9. The number of primary amides is 1. The monoisotopic (exact) mass is 292 g/mol. The molecule has 1 aromatic rings. The highest BCUT2D eigenvalue weighted by Gasteiger charge is 2.17. The highest BCUT2D eigenvalue weighted by molar-refractivity contribution is 7.89. The van der Waals surface area contributed by atoms with E-state index in [0.717, 1.165) is 0 Å². The third kappa shape index (κ3) is 4.06. The smallest absolute Gasteiger partial charge is 0.312 e. The van der Waals surface area contributed by atoms with Crippen molar-refractivity contribution in [3.8, 4) is 0 Å². The van der Waals surface area contributed by atoms with E-state index >= 15 is 0 Å². The average Bonchev–Trinajstić information content (AvgIpc) is 2.23. The molecule has 0 spiro atoms. The number of sulfonamides is 1. The molecule has 7 nitrogen and oxygen atoms in total. The van der Waals surface area contributed by atoms with Crippen LogP contribution in [0.4, 0.5) is 10.5 Å². The van der Waals surface area contributed by atoms with Gasteiger partial charge in [0.2, 0.25) is 10.0 Å². The van der Waals surface area contributed by atoms with Gasteiger partial charge in [0.25, 0.3) is 0 Å². The lowest BCUT2D eigenvalue weighted by molar-refractivity contribution is 0.249. The number of benzene rings is 1. The average molecular weight is 293 g/mol. The van der Waals surface area contributed by atoms with Crippen LogP contribution in [0.5, 0.6) is 0 Å². The zero-order chi connectivity index (χ0) is 13.8. The van der Waals surface area contributed by atoms with Gasteiger partial charge in [-0.2, -0.15) is 0 Å². The van der Waals surface area contributed by atoms with Crippen LogP contribution in [0.25, 0.3) is 0 Å². The summed E-state index contributed by atoms with van der Waals surface area (Å²) in [6, 6.07) is 3.36. The minimum Gasteiger partial charge on any atom is -0.399 e. The van der Waals surface area contributed by atoms with Crippen LogP contribution in [-0.2, 0) is 10.0 Å². The van der Waals surface area contributed by atoms with Gasteiger partial charge in [-0.25, -0.2) is 17.9 Å². The topological polar surface area (TPSA) is 127 Å². The number of urea groups is 1. The number of hydrogen-bond acceptors (Lipinski definition) is 4. The number of amides is 2. The highest BCUT2D eigenvalue weighted by atomic mass is 35.5. The molecule has 6 N–H and O–H groups in total. The molecule has 0 saturated heterocycles. The SMILES string of the molecule is NC(=O)NCCNS(=O)(=O)c1ccc(N)cc1Cl. The Morgan fingerprint density at radius 1 is 1.33 bits per heavy atom. The molecule has 100 valence electrons. The van der Waals surface area contributed by atoms with E-state index in [-0.39, 0.29) is 23.0 Å². The summed E-state index contributed by atoms with van der Waals surface area (Å²) in [6.07, 6.45) is 0. The van der Waals surface area contributed by atoms with E-state index in [1.807, 2.05) is 0 Å². The third-order valence-electron chi connectivity index (χ3n) is 1.96. The van der Waals surface area contributed by atoms with Crippen LogP contribution in [0.1, 0.15) is 0 Å². The van der Waals surface area contributed by atoms with Crippen molar-refractivity contribution < 1.29 is 13.2 Å². The number of rotatable bonds is 5. The van der Waals surface area contributed by atoms with Gasteiger partial charge < -0.3 is 16.8 Å². The molecule has 0 fully saturated rings. The summed E-state index contributed by atoms with van der Waals surface area (Å²) in [5.74, 6) is 0. The van der Waals surface area contributed by atoms with Gasteiger partial charge in [-0.1, -0.05) is 11.6 Å². The summed E-state index contributed by atoms with van der Waals surface area (Å²) < 4.78 is 25.9. The Morgan fingerprint density at radius 2 is 2.00 bits per heavy atom. The third-order valence-corrected chi connectivity index (χ3v) is 3.91. The number of nitrogens with one attached hydrogen (secondary N) is 2. The van der Waals surface area contributed by atoms with Crippen molar-refractivity contribution >= 4 is 33.3 Å². The van der Waals surface area contributed by atoms with Crippen molar-refractivity contribution in [2.24, 2.45) is 5.73 Å². The molecule has 9 heteroatoms. The summed E-state index contributed by atoms with van der Waals surface area (Å²) in [7, 11) is -3.74. The van der Waals surface area contributed by atoms with Gasteiger partial charge in [0.15, 0.2) is 0 Å². The molecule has 0 atom stereocenters. The van der Waals surface area contributed by atoms with Crippen molar-refractivity contribution in [3.63, 3.8) is 0 Å². The second-order valence-corrected chi connectivity index (χ2v) is 5.52. The molecule has 0 unspecified atom stereocenters. The molecule has 2 amide bonds. The first-order valence-corrected chi connectivity index (χ1v) is 6.77. The van der Waals surface area contributed by atoms with Crippen molar-refractivity contribution in [1.82, 2.24) is 10.0 Å². The van der Waals surface area contributed by atoms with Gasteiger partial charge in [-0.05, 0) is 18.2 Å². The Hall–Kier alpha value is -1.51. The number of halogens is 1. The fourth-order valence-corrected chi connectivity index (χ4v) is 2.77. The highest BCUT2D eigenvalue weighted by Crippen LogP contribution is 2.23. The van der Waals surface area contributed by atoms with Gasteiger partial charge in [-0.3, -0.25) is 0 Å². The first kappa shape index (κ1) is 14.6. The molecule has 1 aromatic carbocycles. The summed E-state index contributed by atoms with van der Waals surface area (Å²) in [4.78, 5) is 10.3. The van der Waals surface area contributed by atoms with Gasteiger partial charge in [0, 0.05) is 18.8 Å². The lowest BCUT2D eigenvalue weighted by Crippen LogP contribution is -2.37. The van der Waals surface area contributed by atoms with E-state index in [9.17, 15) is 13.2 Å². The number of anilines is 1. The number of carbonyl (C=O) groups is 1. The molecular weight excluding hydrogens is 280 g/mol. The molecule has 1 rings (SSSR count). The maximum absolute atomic E-state index is 11.8. The first-order valence-electron chi connectivity index (χ1n) is 4.91. The molecule has 0 radical (unpaired) electrons. The molecule has 0 saturated carbocycles. The number of nitrogens with two attached hydrogens (primary N) is 2. The van der Waals surface area contributed by atoms with E-state index in [1.165, 1.54) is 18.2 Å². The first-order chi connectivity index (χ1) is 8.33. The van der Waals surface area contributed by atoms with Gasteiger partial charge in [-0.15, -0.1) is 0 Å². The van der Waals surface area contributed by atoms with Crippen LogP contribution < -0.4 is 21.5 Å². The van der Waals surface area contributed by atoms with Crippen molar-refractivity contribution in [3.05, 3.63) is 23.2 Å². The van der Waals surface area contributed by atoms with E-state index < -0.39 is 16.1 Å². The predicted molar refractivity (Wildman–Crippen MR) is 68.6 cm³/mol. The summed E-state index contributed by atoms with van der Waals surface area (Å²) in [6.45, 7) is 0.0904. The van der Waals surface area contributed by atoms with Crippen molar-refractivity contribution in [2.45, 2.75) is 4.90 Å². The second-order valence-electron chi connectivity index (χ2n) is 3.38. The normalized spacial score (nSPS) is 11.2. The van der Waals surface area contributed by atoms with Crippen LogP contribution in [-0.4, -0.2) is 27.5 Å². The van der Waals surface area contributed by atoms with Gasteiger partial charge in [0.1, 0.15) is 4.90 Å². The number of hydrogen-bond donors (Lipinski definition) is 4. The second kappa shape index (κ2) is 5.89. The standard InChI is InChI=1S/C9H13ClN4O3S/c10-7-5-6(11)1-2-8(7)18(16,17)14-4-3-13-9(12)15/h1-2,5,14H,3-4,11H2,(H3,12,13,15). The Kier molecular flexibility index (Phi) is 4.76. The number of nitrogen functional groups attached to an aromatic ring is 1. The molecule has 0 aromatic heterocycles. The van der Waals surface area contributed by atoms with Crippen LogP contribution in [0.15, 0.2) is 23.1 Å². The van der Waals surface area contributed by atoms with Gasteiger partial charge >= 0.3 is 6.03 Å². The van der Waals surface area contributed by atoms with Crippen molar-refractivity contribution in [2.75, 3.05) is 18.8 Å². The minimum absolute atomic E-state index is 0.00593. The van der Waals surface area contributed by atoms with Gasteiger partial charge in [0.05, 0.1) is 5.02 Å². The Morgan fingerprint density at radius 3 is 2.56 bits per heavy atom.